The number of aliphatic imine (C=N–C) groups is 1. The molecule has 0 saturated heterocycles. The van der Waals surface area contributed by atoms with Crippen molar-refractivity contribution in [3.8, 4) is 5.75 Å². The minimum atomic E-state index is 0. The number of aromatic nitrogens is 1. The lowest BCUT2D eigenvalue weighted by Gasteiger charge is -2.13. The van der Waals surface area contributed by atoms with Crippen molar-refractivity contribution in [2.75, 3.05) is 20.7 Å². The Morgan fingerprint density at radius 1 is 1.36 bits per heavy atom. The van der Waals surface area contributed by atoms with Crippen molar-refractivity contribution in [1.29, 1.82) is 0 Å². The Bertz CT molecular complexity index is 693. The summed E-state index contributed by atoms with van der Waals surface area (Å²) in [6, 6.07) is 5.61. The SMILES string of the molecule is CCc1cnc(CCNC(=NC)NCc2ccc(Cl)cc2OC)s1.I. The van der Waals surface area contributed by atoms with Crippen LogP contribution < -0.4 is 15.4 Å². The van der Waals surface area contributed by atoms with E-state index < -0.39 is 0 Å². The number of aryl methyl sites for hydroxylation is 1. The van der Waals surface area contributed by atoms with Crippen molar-refractivity contribution in [2.24, 2.45) is 4.99 Å². The Morgan fingerprint density at radius 3 is 2.80 bits per heavy atom. The fraction of sp³-hybridized carbons (Fsp3) is 0.412. The third-order valence-corrected chi connectivity index (χ3v) is 4.94. The molecule has 8 heteroatoms. The number of hydrogen-bond acceptors (Lipinski definition) is 4. The zero-order valence-corrected chi connectivity index (χ0v) is 18.5. The van der Waals surface area contributed by atoms with Gasteiger partial charge in [-0.1, -0.05) is 24.6 Å². The van der Waals surface area contributed by atoms with Crippen molar-refractivity contribution in [1.82, 2.24) is 15.6 Å². The second kappa shape index (κ2) is 11.5. The maximum atomic E-state index is 5.98. The van der Waals surface area contributed by atoms with Crippen LogP contribution in [0.1, 0.15) is 22.4 Å². The maximum Gasteiger partial charge on any atom is 0.191 e. The lowest BCUT2D eigenvalue weighted by Crippen LogP contribution is -2.37. The van der Waals surface area contributed by atoms with Gasteiger partial charge in [-0.3, -0.25) is 4.99 Å². The largest absolute Gasteiger partial charge is 0.496 e. The molecule has 1 heterocycles. The lowest BCUT2D eigenvalue weighted by molar-refractivity contribution is 0.409. The first-order valence-electron chi connectivity index (χ1n) is 7.86. The van der Waals surface area contributed by atoms with E-state index in [9.17, 15) is 0 Å². The number of thiazole rings is 1. The Kier molecular flexibility index (Phi) is 10.1. The van der Waals surface area contributed by atoms with E-state index in [1.807, 2.05) is 24.4 Å². The van der Waals surface area contributed by atoms with Crippen LogP contribution in [0.4, 0.5) is 0 Å². The van der Waals surface area contributed by atoms with Crippen molar-refractivity contribution >= 4 is 52.9 Å². The first-order valence-corrected chi connectivity index (χ1v) is 9.06. The van der Waals surface area contributed by atoms with Gasteiger partial charge in [0.15, 0.2) is 5.96 Å². The summed E-state index contributed by atoms with van der Waals surface area (Å²) in [6.45, 7) is 3.54. The smallest absolute Gasteiger partial charge is 0.191 e. The molecular weight excluding hydrogens is 471 g/mol. The van der Waals surface area contributed by atoms with Gasteiger partial charge in [0, 0.05) is 48.2 Å². The number of benzene rings is 1. The van der Waals surface area contributed by atoms with Gasteiger partial charge in [0.05, 0.1) is 12.1 Å². The zero-order chi connectivity index (χ0) is 17.4. The molecule has 0 unspecified atom stereocenters. The molecule has 138 valence electrons. The molecule has 0 radical (unpaired) electrons. The van der Waals surface area contributed by atoms with Crippen LogP contribution in [0.15, 0.2) is 29.4 Å². The standard InChI is InChI=1S/C17H23ClN4OS.HI/c1-4-14-11-21-16(24-14)7-8-20-17(19-2)22-10-12-5-6-13(18)9-15(12)23-3;/h5-6,9,11H,4,7-8,10H2,1-3H3,(H2,19,20,22);1H. The molecule has 2 aromatic rings. The van der Waals surface area contributed by atoms with E-state index >= 15 is 0 Å². The van der Waals surface area contributed by atoms with E-state index in [1.165, 1.54) is 4.88 Å². The van der Waals surface area contributed by atoms with E-state index in [1.54, 1.807) is 25.5 Å². The Morgan fingerprint density at radius 2 is 2.16 bits per heavy atom. The number of guanidine groups is 1. The predicted molar refractivity (Wildman–Crippen MR) is 117 cm³/mol. The highest BCUT2D eigenvalue weighted by Crippen LogP contribution is 2.22. The molecule has 0 amide bonds. The van der Waals surface area contributed by atoms with Gasteiger partial charge < -0.3 is 15.4 Å². The highest BCUT2D eigenvalue weighted by atomic mass is 127. The average Bonchev–Trinajstić information content (AvgIpc) is 3.06. The molecule has 0 aliphatic heterocycles. The van der Waals surface area contributed by atoms with Crippen LogP contribution in [0.3, 0.4) is 0 Å². The topological polar surface area (TPSA) is 58.5 Å². The molecule has 0 aliphatic rings. The molecule has 0 fully saturated rings. The Hall–Kier alpha value is -1.06. The monoisotopic (exact) mass is 494 g/mol. The van der Waals surface area contributed by atoms with Crippen LogP contribution in [0.5, 0.6) is 5.75 Å². The molecule has 5 nitrogen and oxygen atoms in total. The zero-order valence-electron chi connectivity index (χ0n) is 14.6. The number of nitrogens with zero attached hydrogens (tertiary/aromatic N) is 2. The highest BCUT2D eigenvalue weighted by molar-refractivity contribution is 14.0. The third-order valence-electron chi connectivity index (χ3n) is 3.50. The number of ether oxygens (including phenoxy) is 1. The molecule has 2 rings (SSSR count). The molecule has 0 saturated carbocycles. The Labute approximate surface area is 175 Å². The number of methoxy groups -OCH3 is 1. The minimum Gasteiger partial charge on any atom is -0.496 e. The number of halogens is 2. The number of hydrogen-bond donors (Lipinski definition) is 2. The molecule has 1 aromatic heterocycles. The normalized spacial score (nSPS) is 11.0. The van der Waals surface area contributed by atoms with Gasteiger partial charge in [-0.25, -0.2) is 4.98 Å². The molecule has 1 aromatic carbocycles. The van der Waals surface area contributed by atoms with Crippen molar-refractivity contribution in [2.45, 2.75) is 26.3 Å². The lowest BCUT2D eigenvalue weighted by atomic mass is 10.2. The molecule has 2 N–H and O–H groups in total. The third kappa shape index (κ3) is 6.99. The summed E-state index contributed by atoms with van der Waals surface area (Å²) in [5.74, 6) is 1.51. The van der Waals surface area contributed by atoms with E-state index in [4.69, 9.17) is 16.3 Å². The van der Waals surface area contributed by atoms with E-state index in [2.05, 4.69) is 27.5 Å². The van der Waals surface area contributed by atoms with Gasteiger partial charge in [-0.05, 0) is 18.6 Å². The number of nitrogens with one attached hydrogen (secondary N) is 2. The van der Waals surface area contributed by atoms with E-state index in [0.717, 1.165) is 41.7 Å². The quantitative estimate of drug-likeness (QED) is 0.348. The van der Waals surface area contributed by atoms with Gasteiger partial charge in [0.1, 0.15) is 5.75 Å². The molecular formula is C17H24ClIN4OS. The maximum absolute atomic E-state index is 5.98. The predicted octanol–water partition coefficient (Wildman–Crippen LogP) is 3.89. The molecule has 0 atom stereocenters. The average molecular weight is 495 g/mol. The second-order valence-corrected chi connectivity index (χ2v) is 6.77. The van der Waals surface area contributed by atoms with Crippen LogP contribution in [0, 0.1) is 0 Å². The van der Waals surface area contributed by atoms with Gasteiger partial charge in [-0.2, -0.15) is 0 Å². The Balaban J connectivity index is 0.00000312. The van der Waals surface area contributed by atoms with Crippen LogP contribution in [-0.4, -0.2) is 31.6 Å². The van der Waals surface area contributed by atoms with Crippen molar-refractivity contribution < 1.29 is 4.74 Å². The van der Waals surface area contributed by atoms with E-state index in [-0.39, 0.29) is 24.0 Å². The number of rotatable bonds is 7. The van der Waals surface area contributed by atoms with Crippen molar-refractivity contribution in [3.05, 3.63) is 44.9 Å². The van der Waals surface area contributed by atoms with E-state index in [0.29, 0.717) is 11.6 Å². The van der Waals surface area contributed by atoms with Crippen molar-refractivity contribution in [3.63, 3.8) is 0 Å². The van der Waals surface area contributed by atoms with Crippen LogP contribution in [0.25, 0.3) is 0 Å². The first kappa shape index (κ1) is 22.0. The summed E-state index contributed by atoms with van der Waals surface area (Å²) in [5.41, 5.74) is 1.03. The molecule has 25 heavy (non-hydrogen) atoms. The summed E-state index contributed by atoms with van der Waals surface area (Å²) in [6.07, 6.45) is 3.88. The molecule has 0 aliphatic carbocycles. The fourth-order valence-corrected chi connectivity index (χ4v) is 3.20. The summed E-state index contributed by atoms with van der Waals surface area (Å²) < 4.78 is 5.35. The molecule has 0 bridgehead atoms. The van der Waals surface area contributed by atoms with Crippen LogP contribution in [0.2, 0.25) is 5.02 Å². The van der Waals surface area contributed by atoms with Gasteiger partial charge >= 0.3 is 0 Å². The van der Waals surface area contributed by atoms with Crippen LogP contribution >= 0.6 is 46.9 Å². The van der Waals surface area contributed by atoms with Gasteiger partial charge in [0.25, 0.3) is 0 Å². The highest BCUT2D eigenvalue weighted by Gasteiger charge is 2.06. The van der Waals surface area contributed by atoms with Gasteiger partial charge in [-0.15, -0.1) is 35.3 Å². The first-order chi connectivity index (χ1) is 11.7. The summed E-state index contributed by atoms with van der Waals surface area (Å²) in [4.78, 5) is 9.98. The van der Waals surface area contributed by atoms with Crippen LogP contribution in [-0.2, 0) is 19.4 Å². The summed E-state index contributed by atoms with van der Waals surface area (Å²) >= 11 is 7.75. The molecule has 0 spiro atoms. The van der Waals surface area contributed by atoms with Gasteiger partial charge in [0.2, 0.25) is 0 Å². The summed E-state index contributed by atoms with van der Waals surface area (Å²) in [7, 11) is 3.40. The second-order valence-electron chi connectivity index (χ2n) is 5.13. The summed E-state index contributed by atoms with van der Waals surface area (Å²) in [5, 5.41) is 8.39. The fourth-order valence-electron chi connectivity index (χ4n) is 2.18. The minimum absolute atomic E-state index is 0.